The maximum Gasteiger partial charge on any atom is 0.333 e. The van der Waals surface area contributed by atoms with Gasteiger partial charge in [0.2, 0.25) is 0 Å². The molecule has 20 rings (SSSR count). The third kappa shape index (κ3) is 4.93. The van der Waals surface area contributed by atoms with Crippen molar-refractivity contribution in [1.82, 2.24) is 4.48 Å². The van der Waals surface area contributed by atoms with Gasteiger partial charge in [-0.2, -0.15) is 0 Å². The summed E-state index contributed by atoms with van der Waals surface area (Å²) in [6.45, 7) is 12.3. The number of aryl methyl sites for hydroxylation is 1. The molecule has 8 fully saturated rings. The minimum atomic E-state index is -0.119. The van der Waals surface area contributed by atoms with Crippen LogP contribution in [0.1, 0.15) is 144 Å². The van der Waals surface area contributed by atoms with Crippen LogP contribution in [0.2, 0.25) is 0 Å². The van der Waals surface area contributed by atoms with E-state index in [1.165, 1.54) is 188 Å². The fourth-order valence-corrected chi connectivity index (χ4v) is 20.5. The maximum absolute atomic E-state index is 2.91. The van der Waals surface area contributed by atoms with Crippen molar-refractivity contribution in [2.75, 3.05) is 4.90 Å². The van der Waals surface area contributed by atoms with Crippen LogP contribution in [-0.4, -0.2) is 11.3 Å². The van der Waals surface area contributed by atoms with Gasteiger partial charge in [-0.25, -0.2) is 0 Å². The van der Waals surface area contributed by atoms with Gasteiger partial charge in [-0.15, -0.1) is 0 Å². The summed E-state index contributed by atoms with van der Waals surface area (Å²) in [6, 6.07) is 50.2. The molecule has 10 aliphatic carbocycles. The van der Waals surface area contributed by atoms with Crippen LogP contribution in [0.5, 0.6) is 0 Å². The predicted octanol–water partition coefficient (Wildman–Crippen LogP) is 16.1. The van der Waals surface area contributed by atoms with Gasteiger partial charge in [0.05, 0.1) is 0 Å². The summed E-state index contributed by atoms with van der Waals surface area (Å²) in [4.78, 5) is 2.73. The highest BCUT2D eigenvalue weighted by Gasteiger charge is 2.54. The Kier molecular flexibility index (Phi) is 7.40. The second-order valence-electron chi connectivity index (χ2n) is 27.4. The van der Waals surface area contributed by atoms with Crippen LogP contribution in [0.3, 0.4) is 0 Å². The van der Waals surface area contributed by atoms with E-state index in [-0.39, 0.29) is 17.7 Å². The van der Waals surface area contributed by atoms with Gasteiger partial charge in [-0.3, -0.25) is 0 Å². The fraction of sp³-hybridized carbons (Fsp3) is 0.391. The topological polar surface area (TPSA) is 8.17 Å². The average molecular weight is 933 g/mol. The first kappa shape index (κ1) is 40.7. The number of anilines is 3. The zero-order valence-electron chi connectivity index (χ0n) is 43.0. The maximum atomic E-state index is 2.91. The molecule has 3 heterocycles. The van der Waals surface area contributed by atoms with Crippen molar-refractivity contribution in [3.8, 4) is 33.4 Å². The normalized spacial score (nSPS) is 30.2. The van der Waals surface area contributed by atoms with Crippen LogP contribution < -0.4 is 15.8 Å². The second kappa shape index (κ2) is 13.1. The van der Waals surface area contributed by atoms with Gasteiger partial charge in [0.1, 0.15) is 0 Å². The molecular formula is C69H65BN2. The molecule has 2 nitrogen and oxygen atoms in total. The lowest BCUT2D eigenvalue weighted by Gasteiger charge is -2.57. The van der Waals surface area contributed by atoms with Gasteiger partial charge in [-0.05, 0) is 257 Å². The van der Waals surface area contributed by atoms with Crippen LogP contribution >= 0.6 is 0 Å². The highest BCUT2D eigenvalue weighted by atomic mass is 15.2. The van der Waals surface area contributed by atoms with Crippen molar-refractivity contribution < 1.29 is 0 Å². The van der Waals surface area contributed by atoms with E-state index in [9.17, 15) is 0 Å². The van der Waals surface area contributed by atoms with Crippen molar-refractivity contribution in [2.45, 2.75) is 133 Å². The molecule has 0 N–H and O–H groups in total. The Balaban J connectivity index is 0.937. The standard InChI is InChI=1S/C69H65BN2/c1-38-18-53-55-28-46(69-35-42-23-43(36-69)25-44(24-42)37-69)27-54-52-26-45(68-32-39-20-40(33-68)22-41(21-39)34-68)14-17-61(52)72(65(54)55)70-60-31-59-51(49-11-7-9-13-57(49)67(59,4)5)30-62(60)71(63(19-38)64(53)70)47-15-16-50-48-10-6-8-12-56(48)66(2,3)58(50)29-47/h6-19,26-31,39-44H,20-25,32-37H2,1-5H3. The lowest BCUT2D eigenvalue weighted by atomic mass is 9.44. The minimum Gasteiger partial charge on any atom is -0.375 e. The smallest absolute Gasteiger partial charge is 0.333 e. The van der Waals surface area contributed by atoms with Gasteiger partial charge < -0.3 is 9.38 Å². The van der Waals surface area contributed by atoms with E-state index in [1.54, 1.807) is 11.1 Å². The van der Waals surface area contributed by atoms with Gasteiger partial charge in [-0.1, -0.05) is 100 Å². The quantitative estimate of drug-likeness (QED) is 0.160. The fourth-order valence-electron chi connectivity index (χ4n) is 20.5. The second-order valence-corrected chi connectivity index (χ2v) is 27.4. The summed E-state index contributed by atoms with van der Waals surface area (Å²) >= 11 is 0. The van der Waals surface area contributed by atoms with E-state index in [0.29, 0.717) is 10.8 Å². The summed E-state index contributed by atoms with van der Waals surface area (Å²) in [5.74, 6) is 5.46. The summed E-state index contributed by atoms with van der Waals surface area (Å²) < 4.78 is 2.91. The number of rotatable bonds is 3. The van der Waals surface area contributed by atoms with Gasteiger partial charge in [0.15, 0.2) is 0 Å². The van der Waals surface area contributed by atoms with E-state index < -0.39 is 0 Å². The monoisotopic (exact) mass is 933 g/mol. The molecule has 0 atom stereocenters. The van der Waals surface area contributed by atoms with Crippen LogP contribution in [-0.2, 0) is 21.7 Å². The predicted molar refractivity (Wildman–Crippen MR) is 300 cm³/mol. The van der Waals surface area contributed by atoms with Crippen molar-refractivity contribution in [3.05, 3.63) is 160 Å². The van der Waals surface area contributed by atoms with Crippen molar-refractivity contribution in [3.63, 3.8) is 0 Å². The Bertz CT molecular complexity index is 3750. The lowest BCUT2D eigenvalue weighted by Crippen LogP contribution is -2.57. The molecule has 0 spiro atoms. The Labute approximate surface area is 426 Å². The summed E-state index contributed by atoms with van der Waals surface area (Å²) in [5.41, 5.74) is 29.2. The molecule has 8 aromatic rings. The summed E-state index contributed by atoms with van der Waals surface area (Å²) in [7, 11) is 0. The molecule has 0 amide bonds. The van der Waals surface area contributed by atoms with Crippen LogP contribution in [0.15, 0.2) is 121 Å². The Hall–Kier alpha value is -5.80. The number of aromatic nitrogens is 1. The molecule has 354 valence electrons. The third-order valence-corrected chi connectivity index (χ3v) is 22.7. The van der Waals surface area contributed by atoms with Crippen molar-refractivity contribution >= 4 is 56.6 Å². The molecule has 8 bridgehead atoms. The van der Waals surface area contributed by atoms with E-state index in [4.69, 9.17) is 0 Å². The van der Waals surface area contributed by atoms with E-state index in [1.807, 2.05) is 0 Å². The summed E-state index contributed by atoms with van der Waals surface area (Å²) in [6.07, 6.45) is 17.3. The van der Waals surface area contributed by atoms with Crippen LogP contribution in [0.4, 0.5) is 17.1 Å². The van der Waals surface area contributed by atoms with E-state index in [2.05, 4.69) is 165 Å². The number of nitrogens with zero attached hydrogens (tertiary/aromatic N) is 2. The molecule has 0 unspecified atom stereocenters. The SMILES string of the molecule is Cc1cc2c3c(c1)N(c1ccc4c(c1)C(C)(C)c1ccccc1-4)c1cc4c(cc1B3n1c3ccc(C56CC7CC(CC(C7)C5)C6)cc3c3cc(C56CC7CC(CC(C7)C5)C6)cc-2c31)C(C)(C)c1ccccc1-4. The minimum absolute atomic E-state index is 0.0325. The first-order chi connectivity index (χ1) is 34.9. The largest absolute Gasteiger partial charge is 0.375 e. The molecular weight excluding hydrogens is 868 g/mol. The van der Waals surface area contributed by atoms with Crippen molar-refractivity contribution in [2.24, 2.45) is 35.5 Å². The van der Waals surface area contributed by atoms with E-state index in [0.717, 1.165) is 35.5 Å². The summed E-state index contributed by atoms with van der Waals surface area (Å²) in [5, 5.41) is 3.06. The van der Waals surface area contributed by atoms with Gasteiger partial charge >= 0.3 is 6.85 Å². The molecule has 0 saturated heterocycles. The first-order valence-corrected chi connectivity index (χ1v) is 28.5. The Morgan fingerprint density at radius 3 is 1.64 bits per heavy atom. The van der Waals surface area contributed by atoms with Gasteiger partial charge in [0, 0.05) is 55.3 Å². The van der Waals surface area contributed by atoms with Crippen LogP contribution in [0, 0.1) is 42.4 Å². The molecule has 3 heteroatoms. The number of benzene rings is 7. The van der Waals surface area contributed by atoms with Gasteiger partial charge in [0.25, 0.3) is 0 Å². The Morgan fingerprint density at radius 2 is 1.00 bits per heavy atom. The molecule has 8 saturated carbocycles. The number of hydrogen-bond acceptors (Lipinski definition) is 1. The van der Waals surface area contributed by atoms with E-state index >= 15 is 0 Å². The Morgan fingerprint density at radius 1 is 0.444 bits per heavy atom. The highest BCUT2D eigenvalue weighted by molar-refractivity contribution is 6.90. The van der Waals surface area contributed by atoms with Crippen molar-refractivity contribution in [1.29, 1.82) is 0 Å². The molecule has 2 aliphatic heterocycles. The molecule has 7 aromatic carbocycles. The first-order valence-electron chi connectivity index (χ1n) is 28.5. The molecule has 12 aliphatic rings. The number of fused-ring (bicyclic) bond motifs is 13. The van der Waals surface area contributed by atoms with Crippen LogP contribution in [0.25, 0.3) is 55.2 Å². The third-order valence-electron chi connectivity index (χ3n) is 22.7. The zero-order valence-corrected chi connectivity index (χ0v) is 43.0. The molecule has 1 aromatic heterocycles. The number of hydrogen-bond donors (Lipinski definition) is 0. The zero-order chi connectivity index (χ0) is 47.5. The highest BCUT2D eigenvalue weighted by Crippen LogP contribution is 2.64. The molecule has 0 radical (unpaired) electrons. The lowest BCUT2D eigenvalue weighted by molar-refractivity contribution is -0.00527. The average Bonchev–Trinajstić information content (AvgIpc) is 3.90. The molecule has 72 heavy (non-hydrogen) atoms.